The number of hydrogen-bond acceptors (Lipinski definition) is 22. The normalized spacial score (nSPS) is 13.4. The number of nitrogens with one attached hydrogen (secondary N) is 8. The van der Waals surface area contributed by atoms with Crippen LogP contribution in [0.5, 0.6) is 0 Å². The van der Waals surface area contributed by atoms with Gasteiger partial charge in [-0.05, 0) is 70.1 Å². The summed E-state index contributed by atoms with van der Waals surface area (Å²) in [6.07, 6.45) is 0. The van der Waals surface area contributed by atoms with Crippen LogP contribution in [0, 0.1) is 0 Å². The SMILES string of the molecule is CCNS(=O)(=O)c1cc2c(cc1S(=O)(=O)NCC)-c1nc-2nc2[n-]c(nc3nc(nc4[n-]c(n1)c1cc(S(=O)(=O)NCC)c(S(=O)(=O)NCC)cc41)-c1cc(S(=O)(=O)NCC)c(S(=O)(=O)NCC)cc1-3)c1cc(S(=O)(=O)NCC)c(S(=O)(=O)NCC)cc21.[Cu+2]. The number of fused-ring (bicyclic) bond motifs is 20. The van der Waals surface area contributed by atoms with Crippen molar-refractivity contribution in [3.05, 3.63) is 48.5 Å². The van der Waals surface area contributed by atoms with Gasteiger partial charge in [0.1, 0.15) is 39.2 Å². The average molecular weight is 1430 g/mol. The van der Waals surface area contributed by atoms with E-state index in [-0.39, 0.29) is 113 Å². The molecule has 0 saturated heterocycles. The molecule has 3 aromatic heterocycles. The van der Waals surface area contributed by atoms with E-state index in [1.165, 1.54) is 55.4 Å². The summed E-state index contributed by atoms with van der Waals surface area (Å²) in [7, 11) is -38.1. The maximum absolute atomic E-state index is 14.1. The summed E-state index contributed by atoms with van der Waals surface area (Å²) in [5.41, 5.74) is -3.20. The molecule has 32 nitrogen and oxygen atoms in total. The van der Waals surface area contributed by atoms with Gasteiger partial charge in [-0.25, -0.2) is 115 Å². The Balaban J connectivity index is 0.0000102. The first-order valence-electron chi connectivity index (χ1n) is 26.6. The zero-order valence-electron chi connectivity index (χ0n) is 48.0. The van der Waals surface area contributed by atoms with Crippen LogP contribution in [0.25, 0.3) is 89.7 Å². The molecule has 8 N–H and O–H groups in total. The molecule has 7 aromatic rings. The van der Waals surface area contributed by atoms with Gasteiger partial charge in [0.05, 0.1) is 23.3 Å². The van der Waals surface area contributed by atoms with Gasteiger partial charge in [0, 0.05) is 97.2 Å². The van der Waals surface area contributed by atoms with E-state index >= 15 is 0 Å². The minimum Gasteiger partial charge on any atom is -0.357 e. The number of nitrogens with zero attached hydrogens (tertiary/aromatic N) is 8. The summed E-state index contributed by atoms with van der Waals surface area (Å²) in [4.78, 5) is 30.7. The van der Waals surface area contributed by atoms with Crippen molar-refractivity contribution in [2.24, 2.45) is 0 Å². The second-order valence-electron chi connectivity index (χ2n) is 18.9. The predicted octanol–water partition coefficient (Wildman–Crippen LogP) is 0.511. The van der Waals surface area contributed by atoms with E-state index in [4.69, 9.17) is 19.9 Å². The molecule has 0 spiro atoms. The predicted molar refractivity (Wildman–Crippen MR) is 321 cm³/mol. The Bertz CT molecular complexity index is 4610. The van der Waals surface area contributed by atoms with Gasteiger partial charge < -0.3 is 29.9 Å². The molecule has 0 unspecified atom stereocenters. The molecule has 0 atom stereocenters. The van der Waals surface area contributed by atoms with E-state index in [1.54, 1.807) is 0 Å². The number of sulfonamides is 8. The molecule has 9 rings (SSSR count). The minimum atomic E-state index is -4.76. The molecule has 2 aliphatic rings. The van der Waals surface area contributed by atoms with E-state index in [9.17, 15) is 67.3 Å². The molecule has 8 bridgehead atoms. The Morgan fingerprint density at radius 2 is 0.404 bits per heavy atom. The van der Waals surface area contributed by atoms with Crippen molar-refractivity contribution in [3.63, 3.8) is 0 Å². The van der Waals surface area contributed by atoms with Crippen LogP contribution in [0.3, 0.4) is 0 Å². The molecule has 0 fully saturated rings. The van der Waals surface area contributed by atoms with Crippen LogP contribution in [0.15, 0.2) is 87.7 Å². The van der Waals surface area contributed by atoms with E-state index in [0.717, 1.165) is 48.5 Å². The molecule has 1 radical (unpaired) electrons. The molecule has 0 saturated carbocycles. The fourth-order valence-electron chi connectivity index (χ4n) is 9.51. The van der Waals surface area contributed by atoms with Crippen molar-refractivity contribution in [1.82, 2.24) is 77.6 Å². The van der Waals surface area contributed by atoms with Gasteiger partial charge in [0.2, 0.25) is 80.2 Å². The van der Waals surface area contributed by atoms with Crippen LogP contribution >= 0.6 is 0 Å². The smallest absolute Gasteiger partial charge is 0.357 e. The van der Waals surface area contributed by atoms with Crippen LogP contribution in [-0.4, -0.2) is 150 Å². The second kappa shape index (κ2) is 25.3. The van der Waals surface area contributed by atoms with Gasteiger partial charge in [-0.2, -0.15) is 0 Å². The third-order valence-electron chi connectivity index (χ3n) is 12.9. The summed E-state index contributed by atoms with van der Waals surface area (Å²) in [5.74, 6) is -2.08. The maximum atomic E-state index is 14.1. The topological polar surface area (TPSA) is 475 Å². The first-order chi connectivity index (χ1) is 41.2. The number of rotatable bonds is 24. The Kier molecular flexibility index (Phi) is 19.6. The van der Waals surface area contributed by atoms with Gasteiger partial charge in [-0.15, -0.1) is 0 Å². The Hall–Kier alpha value is -5.96. The maximum Gasteiger partial charge on any atom is 2.00 e. The zero-order valence-corrected chi connectivity index (χ0v) is 55.4. The van der Waals surface area contributed by atoms with E-state index < -0.39 is 165 Å². The monoisotopic (exact) mass is 1430 g/mol. The zero-order chi connectivity index (χ0) is 64.5. The number of aromatic nitrogens is 8. The largest absolute Gasteiger partial charge is 2.00 e. The van der Waals surface area contributed by atoms with Crippen molar-refractivity contribution >= 4 is 124 Å². The van der Waals surface area contributed by atoms with E-state index in [1.807, 2.05) is 0 Å². The minimum absolute atomic E-state index is 0. The fourth-order valence-corrected chi connectivity index (χ4v) is 21.2. The van der Waals surface area contributed by atoms with Crippen LogP contribution in [0.2, 0.25) is 0 Å². The summed E-state index contributed by atoms with van der Waals surface area (Å²) in [6, 6.07) is 7.30. The van der Waals surface area contributed by atoms with Crippen LogP contribution in [-0.2, 0) is 97.3 Å². The van der Waals surface area contributed by atoms with Crippen LogP contribution < -0.4 is 47.7 Å². The van der Waals surface area contributed by atoms with Crippen molar-refractivity contribution in [1.29, 1.82) is 0 Å². The molecule has 2 aliphatic heterocycles. The van der Waals surface area contributed by atoms with Gasteiger partial charge in [0.15, 0.2) is 0 Å². The molecule has 41 heteroatoms. The fraction of sp³-hybridized carbons (Fsp3) is 0.333. The van der Waals surface area contributed by atoms with Crippen LogP contribution in [0.1, 0.15) is 55.4 Å². The standard InChI is InChI=1S/C48H56N16O16S8.Cu/c1-9-49-81(65,66)33-17-25-26(18-34(33)82(67,68)50-10-2)42-57-41(25)61-43-27-19-35(83(69,70)51-11-3)36(84(71,72)52-12-4)20-28(27)45(58-43)63-47-31-23-39(87(77,78)55-15-7)40(88(79,80)56-16-8)24-32(31)48(60-47)64-46-30-22-38(86(75,76)54-14-6)37(85(73,74)53-13-5)21-29(30)44(59-46)62-42;/h17-24,49-56H,9-16H2,1-8H3;/q-2;+2. The van der Waals surface area contributed by atoms with Gasteiger partial charge in [-0.3, -0.25) is 0 Å². The third kappa shape index (κ3) is 12.9. The van der Waals surface area contributed by atoms with Crippen molar-refractivity contribution in [3.8, 4) is 45.6 Å². The number of benzene rings is 4. The average Bonchev–Trinajstić information content (AvgIpc) is 1.74. The molecule has 0 aliphatic carbocycles. The van der Waals surface area contributed by atoms with Gasteiger partial charge in [-0.1, -0.05) is 55.4 Å². The van der Waals surface area contributed by atoms with Gasteiger partial charge in [0.25, 0.3) is 0 Å². The Morgan fingerprint density at radius 1 is 0.258 bits per heavy atom. The van der Waals surface area contributed by atoms with Crippen LogP contribution in [0.4, 0.5) is 0 Å². The van der Waals surface area contributed by atoms with E-state index in [0.29, 0.717) is 0 Å². The molecule has 483 valence electrons. The molecule has 0 amide bonds. The third-order valence-corrected chi connectivity index (χ3v) is 26.1. The number of hydrogen-bond donors (Lipinski definition) is 8. The van der Waals surface area contributed by atoms with Crippen molar-refractivity contribution in [2.45, 2.75) is 94.6 Å². The summed E-state index contributed by atoms with van der Waals surface area (Å²) < 4.78 is 244. The first kappa shape index (κ1) is 68.9. The molecule has 89 heavy (non-hydrogen) atoms. The molecular formula is C48H56CuN16O16S8. The summed E-state index contributed by atoms with van der Waals surface area (Å²) in [5, 5.41) is -1.12. The Morgan fingerprint density at radius 3 is 0.551 bits per heavy atom. The Labute approximate surface area is 523 Å². The van der Waals surface area contributed by atoms with E-state index in [2.05, 4.69) is 57.7 Å². The van der Waals surface area contributed by atoms with Crippen molar-refractivity contribution < 1.29 is 84.4 Å². The summed E-state index contributed by atoms with van der Waals surface area (Å²) >= 11 is 0. The van der Waals surface area contributed by atoms with Crippen molar-refractivity contribution in [2.75, 3.05) is 52.4 Å². The second-order valence-corrected chi connectivity index (χ2v) is 32.8. The quantitative estimate of drug-likeness (QED) is 0.0382. The van der Waals surface area contributed by atoms with Gasteiger partial charge >= 0.3 is 17.1 Å². The molecule has 4 aromatic carbocycles. The summed E-state index contributed by atoms with van der Waals surface area (Å²) in [6.45, 7) is 9.56. The molecular weight excluding hydrogens is 1380 g/mol. The first-order valence-corrected chi connectivity index (χ1v) is 38.5. The molecule has 5 heterocycles.